The molecule has 8 heteroatoms. The Kier molecular flexibility index (Phi) is 9.31. The van der Waals surface area contributed by atoms with Gasteiger partial charge >= 0.3 is 0 Å². The summed E-state index contributed by atoms with van der Waals surface area (Å²) >= 11 is 1.83. The molecule has 0 radical (unpaired) electrons. The fourth-order valence-corrected chi connectivity index (χ4v) is 4.26. The minimum atomic E-state index is 0. The third-order valence-electron chi connectivity index (χ3n) is 5.18. The zero-order valence-electron chi connectivity index (χ0n) is 16.4. The van der Waals surface area contributed by atoms with Gasteiger partial charge in [0.25, 0.3) is 0 Å². The highest BCUT2D eigenvalue weighted by Crippen LogP contribution is 2.18. The van der Waals surface area contributed by atoms with Gasteiger partial charge in [-0.2, -0.15) is 0 Å². The highest BCUT2D eigenvalue weighted by Gasteiger charge is 2.23. The van der Waals surface area contributed by atoms with Crippen LogP contribution in [0.25, 0.3) is 0 Å². The number of carbonyl (C=O) groups excluding carboxylic acids is 1. The van der Waals surface area contributed by atoms with E-state index in [9.17, 15) is 4.79 Å². The van der Waals surface area contributed by atoms with Gasteiger partial charge in [-0.05, 0) is 24.3 Å². The van der Waals surface area contributed by atoms with Crippen molar-refractivity contribution in [3.8, 4) is 0 Å². The number of amides is 1. The average molecular weight is 505 g/mol. The summed E-state index contributed by atoms with van der Waals surface area (Å²) in [6, 6.07) is 4.83. The summed E-state index contributed by atoms with van der Waals surface area (Å²) in [4.78, 5) is 24.5. The lowest BCUT2D eigenvalue weighted by molar-refractivity contribution is -0.127. The second-order valence-corrected chi connectivity index (χ2v) is 8.43. The fourth-order valence-electron chi connectivity index (χ4n) is 3.51. The van der Waals surface area contributed by atoms with E-state index in [-0.39, 0.29) is 36.4 Å². The first kappa shape index (κ1) is 22.4. The van der Waals surface area contributed by atoms with E-state index in [1.54, 1.807) is 19.0 Å². The van der Waals surface area contributed by atoms with Crippen molar-refractivity contribution in [3.63, 3.8) is 0 Å². The molecule has 1 aliphatic carbocycles. The first-order valence-corrected chi connectivity index (χ1v) is 10.5. The molecule has 2 fully saturated rings. The van der Waals surface area contributed by atoms with Gasteiger partial charge in [0.05, 0.1) is 0 Å². The van der Waals surface area contributed by atoms with Crippen LogP contribution in [0.15, 0.2) is 22.5 Å². The standard InChI is InChI=1S/C19H31N5OS.HI/c1-22(2)18(25)14-20-19(21-16-6-3-4-7-16)24-11-9-23(10-12-24)15-17-8-5-13-26-17;/h5,8,13,16H,3-4,6-7,9-12,14-15H2,1-2H3,(H,20,21);1H. The van der Waals surface area contributed by atoms with Gasteiger partial charge < -0.3 is 15.1 Å². The van der Waals surface area contributed by atoms with Crippen LogP contribution in [0.2, 0.25) is 0 Å². The summed E-state index contributed by atoms with van der Waals surface area (Å²) in [6.07, 6.45) is 4.99. The molecule has 0 atom stereocenters. The molecule has 6 nitrogen and oxygen atoms in total. The molecule has 0 aromatic carbocycles. The molecule has 1 aliphatic heterocycles. The van der Waals surface area contributed by atoms with Crippen molar-refractivity contribution in [3.05, 3.63) is 22.4 Å². The molecule has 2 heterocycles. The number of carbonyl (C=O) groups is 1. The average Bonchev–Trinajstić information content (AvgIpc) is 3.33. The largest absolute Gasteiger partial charge is 0.353 e. The van der Waals surface area contributed by atoms with Crippen molar-refractivity contribution in [2.45, 2.75) is 38.3 Å². The Morgan fingerprint density at radius 3 is 2.56 bits per heavy atom. The Hall–Kier alpha value is -0.870. The van der Waals surface area contributed by atoms with Gasteiger partial charge in [-0.3, -0.25) is 9.69 Å². The highest BCUT2D eigenvalue weighted by atomic mass is 127. The molecule has 1 N–H and O–H groups in total. The molecule has 1 amide bonds. The SMILES string of the molecule is CN(C)C(=O)CN=C(NC1CCCC1)N1CCN(Cc2cccs2)CC1.I. The molecule has 1 aromatic heterocycles. The zero-order chi connectivity index (χ0) is 18.4. The molecule has 152 valence electrons. The maximum Gasteiger partial charge on any atom is 0.243 e. The first-order chi connectivity index (χ1) is 12.6. The van der Waals surface area contributed by atoms with Gasteiger partial charge in [-0.15, -0.1) is 35.3 Å². The third-order valence-corrected chi connectivity index (χ3v) is 6.04. The number of likely N-dealkylation sites (N-methyl/N-ethyl adjacent to an activating group) is 1. The number of hydrogen-bond donors (Lipinski definition) is 1. The maximum atomic E-state index is 12.0. The van der Waals surface area contributed by atoms with Crippen LogP contribution >= 0.6 is 35.3 Å². The molecule has 27 heavy (non-hydrogen) atoms. The second-order valence-electron chi connectivity index (χ2n) is 7.40. The van der Waals surface area contributed by atoms with Crippen molar-refractivity contribution in [2.24, 2.45) is 4.99 Å². The minimum absolute atomic E-state index is 0. The van der Waals surface area contributed by atoms with Crippen LogP contribution in [0.1, 0.15) is 30.6 Å². The molecule has 2 aliphatic rings. The van der Waals surface area contributed by atoms with Crippen LogP contribution in [0.3, 0.4) is 0 Å². The van der Waals surface area contributed by atoms with Crippen LogP contribution in [0.4, 0.5) is 0 Å². The van der Waals surface area contributed by atoms with Gasteiger partial charge in [-0.25, -0.2) is 4.99 Å². The monoisotopic (exact) mass is 505 g/mol. The van der Waals surface area contributed by atoms with Gasteiger partial charge in [0, 0.05) is 57.7 Å². The summed E-state index contributed by atoms with van der Waals surface area (Å²) in [7, 11) is 3.57. The number of halogens is 1. The van der Waals surface area contributed by atoms with E-state index in [0.29, 0.717) is 6.04 Å². The Labute approximate surface area is 184 Å². The minimum Gasteiger partial charge on any atom is -0.353 e. The molecule has 3 rings (SSSR count). The number of nitrogens with one attached hydrogen (secondary N) is 1. The lowest BCUT2D eigenvalue weighted by Crippen LogP contribution is -2.53. The van der Waals surface area contributed by atoms with Crippen LogP contribution in [-0.2, 0) is 11.3 Å². The van der Waals surface area contributed by atoms with Crippen LogP contribution in [0.5, 0.6) is 0 Å². The van der Waals surface area contributed by atoms with Gasteiger partial charge in [-0.1, -0.05) is 18.9 Å². The predicted octanol–water partition coefficient (Wildman–Crippen LogP) is 2.46. The Balaban J connectivity index is 0.00000261. The smallest absolute Gasteiger partial charge is 0.243 e. The lowest BCUT2D eigenvalue weighted by atomic mass is 10.2. The van der Waals surface area contributed by atoms with E-state index in [4.69, 9.17) is 0 Å². The Morgan fingerprint density at radius 1 is 1.26 bits per heavy atom. The van der Waals surface area contributed by atoms with E-state index >= 15 is 0 Å². The van der Waals surface area contributed by atoms with E-state index in [2.05, 4.69) is 37.6 Å². The number of nitrogens with zero attached hydrogens (tertiary/aromatic N) is 4. The molecule has 0 unspecified atom stereocenters. The normalized spacial score (nSPS) is 19.0. The second kappa shape index (κ2) is 11.2. The maximum absolute atomic E-state index is 12.0. The van der Waals surface area contributed by atoms with Gasteiger partial charge in [0.2, 0.25) is 5.91 Å². The van der Waals surface area contributed by atoms with Crippen LogP contribution in [0, 0.1) is 0 Å². The van der Waals surface area contributed by atoms with E-state index in [1.807, 2.05) is 11.3 Å². The number of piperazine rings is 1. The van der Waals surface area contributed by atoms with Crippen molar-refractivity contribution in [1.29, 1.82) is 0 Å². The topological polar surface area (TPSA) is 51.2 Å². The zero-order valence-corrected chi connectivity index (χ0v) is 19.5. The van der Waals surface area contributed by atoms with E-state index < -0.39 is 0 Å². The van der Waals surface area contributed by atoms with Gasteiger partial charge in [0.1, 0.15) is 6.54 Å². The van der Waals surface area contributed by atoms with Crippen molar-refractivity contribution in [1.82, 2.24) is 20.0 Å². The summed E-state index contributed by atoms with van der Waals surface area (Å²) in [6.45, 7) is 5.24. The third kappa shape index (κ3) is 6.90. The Bertz CT molecular complexity index is 593. The Morgan fingerprint density at radius 2 is 1.96 bits per heavy atom. The first-order valence-electron chi connectivity index (χ1n) is 9.62. The number of rotatable bonds is 5. The molecular weight excluding hydrogens is 473 g/mol. The number of thiophene rings is 1. The van der Waals surface area contributed by atoms with Crippen molar-refractivity contribution < 1.29 is 4.79 Å². The summed E-state index contributed by atoms with van der Waals surface area (Å²) in [5, 5.41) is 5.77. The highest BCUT2D eigenvalue weighted by molar-refractivity contribution is 14.0. The lowest BCUT2D eigenvalue weighted by Gasteiger charge is -2.37. The molecule has 1 saturated heterocycles. The van der Waals surface area contributed by atoms with Crippen LogP contribution in [-0.4, -0.2) is 79.4 Å². The molecule has 0 bridgehead atoms. The molecule has 1 saturated carbocycles. The summed E-state index contributed by atoms with van der Waals surface area (Å²) in [5.74, 6) is 0.968. The van der Waals surface area contributed by atoms with E-state index in [0.717, 1.165) is 38.7 Å². The summed E-state index contributed by atoms with van der Waals surface area (Å²) in [5.41, 5.74) is 0. The number of aliphatic imine (C=N–C) groups is 1. The molecular formula is C19H32IN5OS. The van der Waals surface area contributed by atoms with Crippen molar-refractivity contribution >= 4 is 47.2 Å². The van der Waals surface area contributed by atoms with E-state index in [1.165, 1.54) is 30.6 Å². The van der Waals surface area contributed by atoms with Crippen molar-refractivity contribution in [2.75, 3.05) is 46.8 Å². The van der Waals surface area contributed by atoms with Gasteiger partial charge in [0.15, 0.2) is 5.96 Å². The number of guanidine groups is 1. The summed E-state index contributed by atoms with van der Waals surface area (Å²) < 4.78 is 0. The molecule has 0 spiro atoms. The van der Waals surface area contributed by atoms with Crippen LogP contribution < -0.4 is 5.32 Å². The molecule has 1 aromatic rings. The predicted molar refractivity (Wildman–Crippen MR) is 123 cm³/mol. The number of hydrogen-bond acceptors (Lipinski definition) is 4. The quantitative estimate of drug-likeness (QED) is 0.380. The fraction of sp³-hybridized carbons (Fsp3) is 0.684.